The van der Waals surface area contributed by atoms with Gasteiger partial charge >= 0.3 is 0 Å². The molecule has 154 valence electrons. The van der Waals surface area contributed by atoms with Gasteiger partial charge in [0, 0.05) is 32.1 Å². The van der Waals surface area contributed by atoms with E-state index in [1.165, 1.54) is 5.56 Å². The molecule has 0 bridgehead atoms. The van der Waals surface area contributed by atoms with Crippen molar-refractivity contribution in [2.45, 2.75) is 39.8 Å². The Kier molecular flexibility index (Phi) is 6.89. The lowest BCUT2D eigenvalue weighted by Crippen LogP contribution is -2.38. The molecule has 8 nitrogen and oxygen atoms in total. The van der Waals surface area contributed by atoms with Gasteiger partial charge in [-0.2, -0.15) is 5.10 Å². The smallest absolute Gasteiger partial charge is 0.216 e. The minimum Gasteiger partial charge on any atom is -0.491 e. The van der Waals surface area contributed by atoms with Gasteiger partial charge in [0.2, 0.25) is 5.82 Å². The van der Waals surface area contributed by atoms with E-state index in [0.29, 0.717) is 37.1 Å². The van der Waals surface area contributed by atoms with Crippen molar-refractivity contribution in [2.75, 3.05) is 13.6 Å². The number of hydrogen-bond donors (Lipinski definition) is 3. The Morgan fingerprint density at radius 3 is 2.86 bits per heavy atom. The Balaban J connectivity index is 1.50. The van der Waals surface area contributed by atoms with Crippen molar-refractivity contribution in [3.05, 3.63) is 53.5 Å². The van der Waals surface area contributed by atoms with Crippen molar-refractivity contribution in [3.63, 3.8) is 0 Å². The largest absolute Gasteiger partial charge is 0.491 e. The third kappa shape index (κ3) is 5.84. The molecule has 0 atom stereocenters. The Bertz CT molecular complexity index is 931. The minimum atomic E-state index is 0.126. The molecule has 0 spiro atoms. The standard InChI is InChI=1S/C21H28N6O2/c1-14(2)29-18-12-15(3)7-8-16(18)13-24-21(22-4)23-10-9-19-25-20(27-26-19)17-6-5-11-28-17/h5-8,11-12,14H,9-10,13H2,1-4H3,(H2,22,23,24)(H,25,26,27). The van der Waals surface area contributed by atoms with Crippen molar-refractivity contribution in [1.82, 2.24) is 25.8 Å². The number of guanidine groups is 1. The number of benzene rings is 1. The van der Waals surface area contributed by atoms with Gasteiger partial charge in [0.25, 0.3) is 0 Å². The molecular weight excluding hydrogens is 368 g/mol. The molecule has 8 heteroatoms. The van der Waals surface area contributed by atoms with E-state index in [2.05, 4.69) is 55.9 Å². The third-order valence-corrected chi connectivity index (χ3v) is 4.18. The predicted octanol–water partition coefficient (Wildman–Crippen LogP) is 3.07. The van der Waals surface area contributed by atoms with E-state index >= 15 is 0 Å². The zero-order valence-electron chi connectivity index (χ0n) is 17.3. The van der Waals surface area contributed by atoms with E-state index in [1.54, 1.807) is 13.3 Å². The first-order chi connectivity index (χ1) is 14.0. The van der Waals surface area contributed by atoms with Crippen molar-refractivity contribution in [2.24, 2.45) is 4.99 Å². The Labute approximate surface area is 170 Å². The van der Waals surface area contributed by atoms with Gasteiger partial charge in [-0.05, 0) is 44.5 Å². The van der Waals surface area contributed by atoms with Gasteiger partial charge < -0.3 is 19.8 Å². The van der Waals surface area contributed by atoms with Crippen LogP contribution in [0, 0.1) is 6.92 Å². The van der Waals surface area contributed by atoms with Gasteiger partial charge in [0.05, 0.1) is 12.4 Å². The number of nitrogens with zero attached hydrogens (tertiary/aromatic N) is 3. The van der Waals surface area contributed by atoms with Crippen molar-refractivity contribution < 1.29 is 9.15 Å². The topological polar surface area (TPSA) is 100 Å². The molecule has 0 aliphatic heterocycles. The minimum absolute atomic E-state index is 0.126. The van der Waals surface area contributed by atoms with E-state index in [-0.39, 0.29) is 6.10 Å². The number of H-pyrrole nitrogens is 1. The zero-order chi connectivity index (χ0) is 20.6. The lowest BCUT2D eigenvalue weighted by Gasteiger charge is -2.17. The van der Waals surface area contributed by atoms with Crippen LogP contribution in [-0.2, 0) is 13.0 Å². The molecule has 0 aliphatic carbocycles. The molecule has 3 rings (SSSR count). The fourth-order valence-corrected chi connectivity index (χ4v) is 2.79. The molecule has 3 aromatic rings. The van der Waals surface area contributed by atoms with E-state index in [0.717, 1.165) is 17.1 Å². The second kappa shape index (κ2) is 9.77. The van der Waals surface area contributed by atoms with Crippen LogP contribution in [0.15, 0.2) is 46.0 Å². The highest BCUT2D eigenvalue weighted by Gasteiger charge is 2.09. The zero-order valence-corrected chi connectivity index (χ0v) is 17.3. The number of ether oxygens (including phenoxy) is 1. The highest BCUT2D eigenvalue weighted by molar-refractivity contribution is 5.79. The normalized spacial score (nSPS) is 11.7. The lowest BCUT2D eigenvalue weighted by atomic mass is 10.1. The maximum absolute atomic E-state index is 5.94. The van der Waals surface area contributed by atoms with Gasteiger partial charge in [-0.15, -0.1) is 0 Å². The van der Waals surface area contributed by atoms with E-state index in [1.807, 2.05) is 26.0 Å². The number of aromatic nitrogens is 3. The highest BCUT2D eigenvalue weighted by atomic mass is 16.5. The number of hydrogen-bond acceptors (Lipinski definition) is 5. The maximum atomic E-state index is 5.94. The molecule has 0 saturated carbocycles. The van der Waals surface area contributed by atoms with Crippen molar-refractivity contribution in [1.29, 1.82) is 0 Å². The molecule has 2 heterocycles. The average Bonchev–Trinajstić information content (AvgIpc) is 3.37. The molecule has 2 aromatic heterocycles. The first-order valence-corrected chi connectivity index (χ1v) is 9.71. The van der Waals surface area contributed by atoms with E-state index in [4.69, 9.17) is 9.15 Å². The molecule has 29 heavy (non-hydrogen) atoms. The molecular formula is C21H28N6O2. The van der Waals surface area contributed by atoms with Crippen LogP contribution in [0.5, 0.6) is 5.75 Å². The second-order valence-corrected chi connectivity index (χ2v) is 6.96. The molecule has 0 fully saturated rings. The summed E-state index contributed by atoms with van der Waals surface area (Å²) in [6.07, 6.45) is 2.41. The van der Waals surface area contributed by atoms with Crippen LogP contribution >= 0.6 is 0 Å². The number of aryl methyl sites for hydroxylation is 1. The maximum Gasteiger partial charge on any atom is 0.216 e. The van der Waals surface area contributed by atoms with Crippen LogP contribution in [0.4, 0.5) is 0 Å². The van der Waals surface area contributed by atoms with Crippen LogP contribution in [0.25, 0.3) is 11.6 Å². The average molecular weight is 396 g/mol. The second-order valence-electron chi connectivity index (χ2n) is 6.96. The van der Waals surface area contributed by atoms with E-state index in [9.17, 15) is 0 Å². The van der Waals surface area contributed by atoms with Crippen molar-refractivity contribution >= 4 is 5.96 Å². The molecule has 0 unspecified atom stereocenters. The summed E-state index contributed by atoms with van der Waals surface area (Å²) in [4.78, 5) is 8.72. The number of aromatic amines is 1. The fraction of sp³-hybridized carbons (Fsp3) is 0.381. The predicted molar refractivity (Wildman–Crippen MR) is 113 cm³/mol. The van der Waals surface area contributed by atoms with Crippen LogP contribution in [0.2, 0.25) is 0 Å². The van der Waals surface area contributed by atoms with Gasteiger partial charge in [-0.3, -0.25) is 10.1 Å². The number of rotatable bonds is 8. The van der Waals surface area contributed by atoms with Gasteiger partial charge in [0.1, 0.15) is 11.6 Å². The SMILES string of the molecule is CN=C(NCCc1nc(-c2ccco2)n[nH]1)NCc1ccc(C)cc1OC(C)C. The Morgan fingerprint density at radius 1 is 1.28 bits per heavy atom. The summed E-state index contributed by atoms with van der Waals surface area (Å²) in [6.45, 7) is 7.40. The van der Waals surface area contributed by atoms with E-state index < -0.39 is 0 Å². The molecule has 0 aliphatic rings. The molecule has 0 saturated heterocycles. The Morgan fingerprint density at radius 2 is 2.14 bits per heavy atom. The monoisotopic (exact) mass is 396 g/mol. The number of aliphatic imine (C=N–C) groups is 1. The quantitative estimate of drug-likeness (QED) is 0.400. The third-order valence-electron chi connectivity index (χ3n) is 4.18. The van der Waals surface area contributed by atoms with Crippen LogP contribution in [0.3, 0.4) is 0 Å². The van der Waals surface area contributed by atoms with Crippen LogP contribution in [0.1, 0.15) is 30.8 Å². The molecule has 0 radical (unpaired) electrons. The van der Waals surface area contributed by atoms with Crippen LogP contribution in [-0.4, -0.2) is 40.8 Å². The molecule has 3 N–H and O–H groups in total. The number of nitrogens with one attached hydrogen (secondary N) is 3. The summed E-state index contributed by atoms with van der Waals surface area (Å²) >= 11 is 0. The molecule has 0 amide bonds. The highest BCUT2D eigenvalue weighted by Crippen LogP contribution is 2.21. The summed E-state index contributed by atoms with van der Waals surface area (Å²) in [6, 6.07) is 9.88. The van der Waals surface area contributed by atoms with Crippen molar-refractivity contribution in [3.8, 4) is 17.3 Å². The number of furan rings is 1. The summed E-state index contributed by atoms with van der Waals surface area (Å²) < 4.78 is 11.2. The lowest BCUT2D eigenvalue weighted by molar-refractivity contribution is 0.239. The van der Waals surface area contributed by atoms with Crippen LogP contribution < -0.4 is 15.4 Å². The fourth-order valence-electron chi connectivity index (χ4n) is 2.79. The summed E-state index contributed by atoms with van der Waals surface area (Å²) in [5, 5.41) is 13.7. The first-order valence-electron chi connectivity index (χ1n) is 9.71. The first kappa shape index (κ1) is 20.4. The summed E-state index contributed by atoms with van der Waals surface area (Å²) in [5.74, 6) is 3.60. The summed E-state index contributed by atoms with van der Waals surface area (Å²) in [7, 11) is 1.75. The Hall–Kier alpha value is -3.29. The van der Waals surface area contributed by atoms with Gasteiger partial charge in [-0.25, -0.2) is 4.98 Å². The van der Waals surface area contributed by atoms with Gasteiger partial charge in [0.15, 0.2) is 11.7 Å². The summed E-state index contributed by atoms with van der Waals surface area (Å²) in [5.41, 5.74) is 2.26. The molecule has 1 aromatic carbocycles. The van der Waals surface area contributed by atoms with Gasteiger partial charge in [-0.1, -0.05) is 12.1 Å².